The molecule has 3 aromatic rings. The van der Waals surface area contributed by atoms with E-state index in [-0.39, 0.29) is 5.91 Å². The number of hydroxylamine groups is 1. The van der Waals surface area contributed by atoms with Crippen molar-refractivity contribution in [1.29, 1.82) is 0 Å². The lowest BCUT2D eigenvalue weighted by Crippen LogP contribution is -2.53. The molecule has 1 aliphatic heterocycles. The van der Waals surface area contributed by atoms with Gasteiger partial charge in [0.05, 0.1) is 11.4 Å². The number of amides is 3. The average molecular weight is 521 g/mol. The van der Waals surface area contributed by atoms with Gasteiger partial charge in [0.1, 0.15) is 24.0 Å². The van der Waals surface area contributed by atoms with Crippen LogP contribution in [0, 0.1) is 12.8 Å². The number of benzene rings is 2. The zero-order valence-corrected chi connectivity index (χ0v) is 21.9. The molecule has 200 valence electrons. The number of aromatic nitrogens is 1. The number of fused-ring (bicyclic) bond motifs is 1. The van der Waals surface area contributed by atoms with Crippen molar-refractivity contribution < 1.29 is 29.1 Å². The van der Waals surface area contributed by atoms with E-state index in [2.05, 4.69) is 10.3 Å². The Labute approximate surface area is 220 Å². The van der Waals surface area contributed by atoms with Crippen LogP contribution in [-0.4, -0.2) is 46.3 Å². The van der Waals surface area contributed by atoms with Gasteiger partial charge in [-0.1, -0.05) is 18.2 Å². The number of carbonyl (C=O) groups is 3. The second-order valence-corrected chi connectivity index (χ2v) is 10.2. The zero-order chi connectivity index (χ0) is 27.4. The summed E-state index contributed by atoms with van der Waals surface area (Å²) in [6, 6.07) is 15.7. The van der Waals surface area contributed by atoms with E-state index in [0.717, 1.165) is 22.2 Å². The summed E-state index contributed by atoms with van der Waals surface area (Å²) in [5, 5.41) is 12.6. The number of rotatable bonds is 7. The number of anilines is 1. The number of hydrogen-bond acceptors (Lipinski definition) is 7. The summed E-state index contributed by atoms with van der Waals surface area (Å²) in [7, 11) is 0. The van der Waals surface area contributed by atoms with Crippen LogP contribution in [0.4, 0.5) is 10.5 Å². The summed E-state index contributed by atoms with van der Waals surface area (Å²) in [4.78, 5) is 43.9. The highest BCUT2D eigenvalue weighted by Crippen LogP contribution is 2.29. The van der Waals surface area contributed by atoms with Gasteiger partial charge < -0.3 is 19.7 Å². The van der Waals surface area contributed by atoms with Crippen LogP contribution in [0.5, 0.6) is 5.75 Å². The molecule has 0 spiro atoms. The maximum atomic E-state index is 13.2. The minimum atomic E-state index is -1.28. The first-order valence-corrected chi connectivity index (χ1v) is 12.4. The maximum absolute atomic E-state index is 13.2. The summed E-state index contributed by atoms with van der Waals surface area (Å²) < 4.78 is 11.2. The molecule has 1 saturated heterocycles. The first-order chi connectivity index (χ1) is 18.1. The van der Waals surface area contributed by atoms with E-state index in [9.17, 15) is 19.6 Å². The lowest BCUT2D eigenvalue weighted by atomic mass is 9.97. The van der Waals surface area contributed by atoms with Crippen LogP contribution in [-0.2, 0) is 20.9 Å². The van der Waals surface area contributed by atoms with Crippen LogP contribution in [0.1, 0.15) is 38.4 Å². The number of para-hydroxylation sites is 1. The SMILES string of the molecule is Cc1cc(COc2ccc(N3CCC([C@H](NC(=O)OC(C)(C)C)C(=O)NO)C3=O)cc2)c2ccccc2n1. The van der Waals surface area contributed by atoms with Crippen molar-refractivity contribution in [3.8, 4) is 5.75 Å². The normalized spacial score (nSPS) is 16.3. The second-order valence-electron chi connectivity index (χ2n) is 10.2. The summed E-state index contributed by atoms with van der Waals surface area (Å²) in [6.45, 7) is 7.71. The van der Waals surface area contributed by atoms with Crippen LogP contribution >= 0.6 is 0 Å². The molecule has 0 radical (unpaired) electrons. The number of alkyl carbamates (subject to hydrolysis) is 1. The van der Waals surface area contributed by atoms with Crippen LogP contribution in [0.25, 0.3) is 10.9 Å². The molecule has 1 unspecified atom stereocenters. The number of aryl methyl sites for hydroxylation is 1. The fourth-order valence-corrected chi connectivity index (χ4v) is 4.52. The van der Waals surface area contributed by atoms with Gasteiger partial charge in [0.15, 0.2) is 0 Å². The quantitative estimate of drug-likeness (QED) is 0.318. The van der Waals surface area contributed by atoms with Crippen LogP contribution < -0.4 is 20.4 Å². The number of carbonyl (C=O) groups excluding carboxylic acids is 3. The lowest BCUT2D eigenvalue weighted by molar-refractivity contribution is -0.135. The van der Waals surface area contributed by atoms with Gasteiger partial charge in [-0.15, -0.1) is 0 Å². The van der Waals surface area contributed by atoms with Gasteiger partial charge in [0, 0.05) is 28.9 Å². The van der Waals surface area contributed by atoms with Gasteiger partial charge in [-0.3, -0.25) is 19.8 Å². The number of hydrogen-bond donors (Lipinski definition) is 3. The standard InChI is InChI=1S/C28H32N4O6/c1-17-15-18(21-7-5-6-8-23(21)29-17)16-37-20-11-9-19(10-12-20)32-14-13-22(26(32)34)24(25(33)31-36)30-27(35)38-28(2,3)4/h5-12,15,22,24,36H,13-14,16H2,1-4H3,(H,30,35)(H,31,33)/t22?,24-/m0/s1. The van der Waals surface area contributed by atoms with Crippen LogP contribution in [0.15, 0.2) is 54.6 Å². The fraction of sp³-hybridized carbons (Fsp3) is 0.357. The zero-order valence-electron chi connectivity index (χ0n) is 21.9. The molecule has 1 aliphatic rings. The van der Waals surface area contributed by atoms with Crippen molar-refractivity contribution in [2.24, 2.45) is 5.92 Å². The maximum Gasteiger partial charge on any atom is 0.408 e. The summed E-state index contributed by atoms with van der Waals surface area (Å²) in [6.07, 6.45) is -0.546. The Morgan fingerprint density at radius 1 is 1.16 bits per heavy atom. The molecule has 3 N–H and O–H groups in total. The predicted molar refractivity (Wildman–Crippen MR) is 141 cm³/mol. The number of pyridine rings is 1. The molecule has 10 nitrogen and oxygen atoms in total. The molecule has 10 heteroatoms. The van der Waals surface area contributed by atoms with Crippen molar-refractivity contribution in [3.63, 3.8) is 0 Å². The topological polar surface area (TPSA) is 130 Å². The number of nitrogens with zero attached hydrogens (tertiary/aromatic N) is 2. The molecule has 38 heavy (non-hydrogen) atoms. The molecule has 2 aromatic carbocycles. The van der Waals surface area contributed by atoms with E-state index in [1.165, 1.54) is 5.48 Å². The van der Waals surface area contributed by atoms with Gasteiger partial charge >= 0.3 is 6.09 Å². The fourth-order valence-electron chi connectivity index (χ4n) is 4.52. The third-order valence-electron chi connectivity index (χ3n) is 6.19. The van der Waals surface area contributed by atoms with E-state index < -0.39 is 29.6 Å². The smallest absolute Gasteiger partial charge is 0.408 e. The predicted octanol–water partition coefficient (Wildman–Crippen LogP) is 3.87. The first-order valence-electron chi connectivity index (χ1n) is 12.4. The van der Waals surface area contributed by atoms with Crippen LogP contribution in [0.3, 0.4) is 0 Å². The highest BCUT2D eigenvalue weighted by atomic mass is 16.6. The summed E-state index contributed by atoms with van der Waals surface area (Å²) in [5.74, 6) is -1.46. The first kappa shape index (κ1) is 26.9. The van der Waals surface area contributed by atoms with Crippen LogP contribution in [0.2, 0.25) is 0 Å². The Bertz CT molecular complexity index is 1340. The third kappa shape index (κ3) is 6.20. The van der Waals surface area contributed by atoms with E-state index in [4.69, 9.17) is 9.47 Å². The minimum Gasteiger partial charge on any atom is -0.489 e. The molecule has 1 aromatic heterocycles. The van der Waals surface area contributed by atoms with Gasteiger partial charge in [0.2, 0.25) is 5.91 Å². The molecule has 3 amide bonds. The molecule has 1 fully saturated rings. The molecule has 2 heterocycles. The third-order valence-corrected chi connectivity index (χ3v) is 6.19. The van der Waals surface area contributed by atoms with Crippen molar-refractivity contribution in [1.82, 2.24) is 15.8 Å². The largest absolute Gasteiger partial charge is 0.489 e. The summed E-state index contributed by atoms with van der Waals surface area (Å²) >= 11 is 0. The van der Waals surface area contributed by atoms with Gasteiger partial charge in [0.25, 0.3) is 5.91 Å². The molecule has 0 aliphatic carbocycles. The number of ether oxygens (including phenoxy) is 2. The molecule has 0 saturated carbocycles. The lowest BCUT2D eigenvalue weighted by Gasteiger charge is -2.25. The minimum absolute atomic E-state index is 0.305. The summed E-state index contributed by atoms with van der Waals surface area (Å²) in [5.41, 5.74) is 4.23. The Balaban J connectivity index is 1.43. The monoisotopic (exact) mass is 520 g/mol. The van der Waals surface area contributed by atoms with Gasteiger partial charge in [-0.2, -0.15) is 0 Å². The Kier molecular flexibility index (Phi) is 7.82. The Morgan fingerprint density at radius 3 is 2.55 bits per heavy atom. The van der Waals surface area contributed by atoms with Gasteiger partial charge in [-0.25, -0.2) is 10.3 Å². The van der Waals surface area contributed by atoms with Crippen molar-refractivity contribution in [3.05, 3.63) is 65.9 Å². The molecular weight excluding hydrogens is 488 g/mol. The highest BCUT2D eigenvalue weighted by Gasteiger charge is 2.42. The Hall–Kier alpha value is -4.18. The molecular formula is C28H32N4O6. The molecule has 0 bridgehead atoms. The number of nitrogens with one attached hydrogen (secondary N) is 2. The van der Waals surface area contributed by atoms with E-state index in [1.807, 2.05) is 37.3 Å². The van der Waals surface area contributed by atoms with Crippen molar-refractivity contribution >= 4 is 34.5 Å². The average Bonchev–Trinajstić information content (AvgIpc) is 3.25. The van der Waals surface area contributed by atoms with E-state index in [0.29, 0.717) is 31.0 Å². The second kappa shape index (κ2) is 11.1. The van der Waals surface area contributed by atoms with E-state index >= 15 is 0 Å². The highest BCUT2D eigenvalue weighted by molar-refractivity contribution is 6.01. The van der Waals surface area contributed by atoms with Gasteiger partial charge in [-0.05, 0) is 70.5 Å². The van der Waals surface area contributed by atoms with Crippen molar-refractivity contribution in [2.75, 3.05) is 11.4 Å². The molecule has 4 rings (SSSR count). The van der Waals surface area contributed by atoms with Crippen molar-refractivity contribution in [2.45, 2.75) is 52.4 Å². The molecule has 2 atom stereocenters. The Morgan fingerprint density at radius 2 is 1.87 bits per heavy atom. The van der Waals surface area contributed by atoms with E-state index in [1.54, 1.807) is 49.9 Å².